The number of amides is 1. The van der Waals surface area contributed by atoms with E-state index in [9.17, 15) is 18.7 Å². The molecule has 1 amide bonds. The fourth-order valence-electron chi connectivity index (χ4n) is 5.63. The number of hydrogen-bond acceptors (Lipinski definition) is 6. The fourth-order valence-corrected chi connectivity index (χ4v) is 5.63. The second-order valence-electron chi connectivity index (χ2n) is 12.6. The molecular formula is C30H42F2N4O3. The maximum absolute atomic E-state index is 13.8. The Balaban J connectivity index is 1.59. The molecule has 0 unspecified atom stereocenters. The van der Waals surface area contributed by atoms with Gasteiger partial charge in [-0.1, -0.05) is 20.8 Å². The summed E-state index contributed by atoms with van der Waals surface area (Å²) in [4.78, 5) is 18.9. The number of benzene rings is 1. The first kappa shape index (κ1) is 29.2. The number of hydrogen-bond donors (Lipinski definition) is 3. The van der Waals surface area contributed by atoms with Crippen LogP contribution in [0.2, 0.25) is 0 Å². The summed E-state index contributed by atoms with van der Waals surface area (Å²) in [6.07, 6.45) is 3.69. The van der Waals surface area contributed by atoms with Crippen LogP contribution < -0.4 is 20.3 Å². The molecule has 1 aliphatic heterocycles. The van der Waals surface area contributed by atoms with Crippen molar-refractivity contribution in [3.63, 3.8) is 0 Å². The van der Waals surface area contributed by atoms with Gasteiger partial charge >= 0.3 is 0 Å². The highest BCUT2D eigenvalue weighted by Gasteiger charge is 2.47. The Bertz CT molecular complexity index is 1170. The predicted octanol–water partition coefficient (Wildman–Crippen LogP) is 4.46. The number of aliphatic hydroxyl groups excluding tert-OH is 1. The van der Waals surface area contributed by atoms with Gasteiger partial charge in [0.15, 0.2) is 11.6 Å². The van der Waals surface area contributed by atoms with Gasteiger partial charge in [0.25, 0.3) is 0 Å². The quantitative estimate of drug-likeness (QED) is 0.432. The average Bonchev–Trinajstić information content (AvgIpc) is 2.78. The summed E-state index contributed by atoms with van der Waals surface area (Å²) < 4.78 is 34.2. The summed E-state index contributed by atoms with van der Waals surface area (Å²) in [6.45, 7) is 8.09. The van der Waals surface area contributed by atoms with Gasteiger partial charge in [0, 0.05) is 57.4 Å². The molecule has 1 saturated carbocycles. The van der Waals surface area contributed by atoms with Crippen molar-refractivity contribution in [1.82, 2.24) is 15.6 Å². The van der Waals surface area contributed by atoms with Gasteiger partial charge < -0.3 is 25.4 Å². The number of fused-ring (bicyclic) bond motifs is 1. The molecule has 4 rings (SSSR count). The number of nitrogens with zero attached hydrogens (tertiary/aromatic N) is 2. The molecule has 1 aromatic heterocycles. The fraction of sp³-hybridized carbons (Fsp3) is 0.600. The topological polar surface area (TPSA) is 86.7 Å². The zero-order valence-electron chi connectivity index (χ0n) is 23.9. The summed E-state index contributed by atoms with van der Waals surface area (Å²) in [7, 11) is 3.93. The van der Waals surface area contributed by atoms with Crippen LogP contribution in [-0.2, 0) is 17.6 Å². The highest BCUT2D eigenvalue weighted by Crippen LogP contribution is 2.51. The van der Waals surface area contributed by atoms with Gasteiger partial charge in [-0.15, -0.1) is 0 Å². The number of pyridine rings is 1. The SMILES string of the molecule is CC(=O)N[C@@H](Cc1cc(F)cc(F)c1)[C@@H](O)CN[C@H]1CC2(CCC2)Oc2c1cc(CC(C)(C)C)nc2N(C)C. The number of carbonyl (C=O) groups is 1. The van der Waals surface area contributed by atoms with Gasteiger partial charge in [-0.25, -0.2) is 13.8 Å². The predicted molar refractivity (Wildman–Crippen MR) is 148 cm³/mol. The Labute approximate surface area is 230 Å². The van der Waals surface area contributed by atoms with Crippen molar-refractivity contribution >= 4 is 11.7 Å². The Morgan fingerprint density at radius 1 is 1.21 bits per heavy atom. The molecule has 214 valence electrons. The number of anilines is 1. The molecule has 1 spiro atoms. The summed E-state index contributed by atoms with van der Waals surface area (Å²) >= 11 is 0. The lowest BCUT2D eigenvalue weighted by Gasteiger charge is -2.49. The molecule has 2 heterocycles. The Kier molecular flexibility index (Phi) is 8.52. The summed E-state index contributed by atoms with van der Waals surface area (Å²) in [6, 6.07) is 4.55. The summed E-state index contributed by atoms with van der Waals surface area (Å²) in [5, 5.41) is 17.5. The molecule has 3 N–H and O–H groups in total. The number of aliphatic hydroxyl groups is 1. The number of carbonyl (C=O) groups excluding carboxylic acids is 1. The van der Waals surface area contributed by atoms with E-state index in [1.165, 1.54) is 19.1 Å². The van der Waals surface area contributed by atoms with Crippen LogP contribution in [0.1, 0.15) is 76.2 Å². The first-order valence-corrected chi connectivity index (χ1v) is 13.8. The Morgan fingerprint density at radius 3 is 2.41 bits per heavy atom. The van der Waals surface area contributed by atoms with Gasteiger partial charge in [0.2, 0.25) is 5.91 Å². The molecule has 2 aliphatic rings. The van der Waals surface area contributed by atoms with E-state index >= 15 is 0 Å². The number of rotatable bonds is 9. The largest absolute Gasteiger partial charge is 0.483 e. The third-order valence-electron chi connectivity index (χ3n) is 7.51. The van der Waals surface area contributed by atoms with Gasteiger partial charge in [-0.05, 0) is 61.3 Å². The van der Waals surface area contributed by atoms with Crippen LogP contribution in [0.25, 0.3) is 0 Å². The highest BCUT2D eigenvalue weighted by molar-refractivity contribution is 5.73. The second kappa shape index (κ2) is 11.4. The number of nitrogens with one attached hydrogen (secondary N) is 2. The molecule has 7 nitrogen and oxygen atoms in total. The molecule has 0 bridgehead atoms. The van der Waals surface area contributed by atoms with Crippen LogP contribution in [0.5, 0.6) is 5.75 Å². The van der Waals surface area contributed by atoms with Crippen LogP contribution in [0.15, 0.2) is 24.3 Å². The van der Waals surface area contributed by atoms with Crippen molar-refractivity contribution in [2.75, 3.05) is 25.5 Å². The van der Waals surface area contributed by atoms with E-state index in [-0.39, 0.29) is 35.9 Å². The van der Waals surface area contributed by atoms with Gasteiger partial charge in [0.05, 0.1) is 12.1 Å². The highest BCUT2D eigenvalue weighted by atomic mass is 19.1. The zero-order chi connectivity index (χ0) is 28.5. The van der Waals surface area contributed by atoms with Gasteiger partial charge in [-0.3, -0.25) is 4.79 Å². The lowest BCUT2D eigenvalue weighted by atomic mass is 9.72. The van der Waals surface area contributed by atoms with Crippen molar-refractivity contribution in [1.29, 1.82) is 0 Å². The first-order chi connectivity index (χ1) is 18.2. The van der Waals surface area contributed by atoms with Gasteiger partial charge in [0.1, 0.15) is 17.2 Å². The van der Waals surface area contributed by atoms with Crippen LogP contribution >= 0.6 is 0 Å². The number of aromatic nitrogens is 1. The first-order valence-electron chi connectivity index (χ1n) is 13.8. The van der Waals surface area contributed by atoms with Crippen LogP contribution in [0, 0.1) is 17.0 Å². The minimum atomic E-state index is -0.993. The minimum Gasteiger partial charge on any atom is -0.483 e. The van der Waals surface area contributed by atoms with E-state index in [2.05, 4.69) is 37.5 Å². The van der Waals surface area contributed by atoms with E-state index in [4.69, 9.17) is 9.72 Å². The molecular weight excluding hydrogens is 502 g/mol. The van der Waals surface area contributed by atoms with E-state index < -0.39 is 23.8 Å². The normalized spacial score (nSPS) is 19.5. The smallest absolute Gasteiger partial charge is 0.217 e. The van der Waals surface area contributed by atoms with Crippen LogP contribution in [0.4, 0.5) is 14.6 Å². The monoisotopic (exact) mass is 544 g/mol. The maximum Gasteiger partial charge on any atom is 0.217 e. The van der Waals surface area contributed by atoms with Crippen molar-refractivity contribution in [2.45, 2.75) is 90.0 Å². The molecule has 1 aliphatic carbocycles. The van der Waals surface area contributed by atoms with Crippen molar-refractivity contribution in [3.8, 4) is 5.75 Å². The molecule has 1 fully saturated rings. The van der Waals surface area contributed by atoms with E-state index in [1.54, 1.807) is 0 Å². The average molecular weight is 545 g/mol. The number of halogens is 2. The van der Waals surface area contributed by atoms with E-state index in [0.717, 1.165) is 61.0 Å². The minimum absolute atomic E-state index is 0.0522. The Hall–Kier alpha value is -2.78. The Morgan fingerprint density at radius 2 is 1.87 bits per heavy atom. The zero-order valence-corrected chi connectivity index (χ0v) is 23.9. The third-order valence-corrected chi connectivity index (χ3v) is 7.51. The molecule has 3 atom stereocenters. The maximum atomic E-state index is 13.8. The third kappa shape index (κ3) is 7.25. The number of ether oxygens (including phenoxy) is 1. The molecule has 1 aromatic carbocycles. The lowest BCUT2D eigenvalue weighted by molar-refractivity contribution is -0.120. The van der Waals surface area contributed by atoms with Crippen molar-refractivity contribution < 1.29 is 23.4 Å². The molecule has 0 saturated heterocycles. The van der Waals surface area contributed by atoms with E-state index in [0.29, 0.717) is 5.56 Å². The summed E-state index contributed by atoms with van der Waals surface area (Å²) in [5.74, 6) is -0.131. The van der Waals surface area contributed by atoms with Crippen molar-refractivity contribution in [2.24, 2.45) is 5.41 Å². The lowest BCUT2D eigenvalue weighted by Crippen LogP contribution is -2.52. The van der Waals surface area contributed by atoms with E-state index in [1.807, 2.05) is 19.0 Å². The van der Waals surface area contributed by atoms with Gasteiger partial charge in [-0.2, -0.15) is 0 Å². The molecule has 9 heteroatoms. The second-order valence-corrected chi connectivity index (χ2v) is 12.6. The van der Waals surface area contributed by atoms with Crippen LogP contribution in [-0.4, -0.2) is 54.4 Å². The molecule has 39 heavy (non-hydrogen) atoms. The molecule has 2 aromatic rings. The molecule has 0 radical (unpaired) electrons. The summed E-state index contributed by atoms with van der Waals surface area (Å²) in [5.41, 5.74) is 2.15. The van der Waals surface area contributed by atoms with Crippen molar-refractivity contribution in [3.05, 3.63) is 52.7 Å². The standard InChI is InChI=1S/C30H42F2N4O3/c1-18(37)34-24(12-19-10-20(31)13-21(32)11-19)26(38)17-33-25-16-30(8-7-9-30)39-27-23(25)14-22(15-29(2,3)4)35-28(27)36(5)6/h10-11,13-14,24-26,33,38H,7-9,12,15-17H2,1-6H3,(H,34,37)/t24-,25-,26-/m0/s1. The van der Waals surface area contributed by atoms with Crippen LogP contribution in [0.3, 0.4) is 0 Å².